The van der Waals surface area contributed by atoms with Crippen molar-refractivity contribution in [3.8, 4) is 5.75 Å². The van der Waals surface area contributed by atoms with Gasteiger partial charge in [-0.05, 0) is 24.3 Å². The number of ether oxygens (including phenoxy) is 1. The molecule has 4 nitrogen and oxygen atoms in total. The molecule has 0 bridgehead atoms. The highest BCUT2D eigenvalue weighted by Gasteiger charge is 2.02. The van der Waals surface area contributed by atoms with E-state index in [1.165, 1.54) is 0 Å². The van der Waals surface area contributed by atoms with Crippen molar-refractivity contribution in [1.82, 2.24) is 9.97 Å². The lowest BCUT2D eigenvalue weighted by Gasteiger charge is -2.04. The van der Waals surface area contributed by atoms with Crippen LogP contribution in [0.2, 0.25) is 0 Å². The summed E-state index contributed by atoms with van der Waals surface area (Å²) in [4.78, 5) is 7.65. The third-order valence-corrected chi connectivity index (χ3v) is 2.67. The zero-order valence-electron chi connectivity index (χ0n) is 9.76. The predicted molar refractivity (Wildman–Crippen MR) is 71.3 cm³/mol. The zero-order chi connectivity index (χ0) is 12.4. The van der Waals surface area contributed by atoms with Gasteiger partial charge in [0.15, 0.2) is 0 Å². The minimum Gasteiger partial charge on any atom is -0.486 e. The first-order valence-electron chi connectivity index (χ1n) is 5.73. The molecule has 1 heterocycles. The average molecular weight is 239 g/mol. The van der Waals surface area contributed by atoms with E-state index < -0.39 is 0 Å². The van der Waals surface area contributed by atoms with Crippen LogP contribution in [0.4, 0.5) is 5.69 Å². The molecular weight excluding hydrogens is 226 g/mol. The van der Waals surface area contributed by atoms with Crippen LogP contribution in [0.25, 0.3) is 11.0 Å². The van der Waals surface area contributed by atoms with Crippen LogP contribution in [-0.2, 0) is 6.61 Å². The molecule has 0 spiro atoms. The lowest BCUT2D eigenvalue weighted by molar-refractivity contribution is 0.297. The second kappa shape index (κ2) is 4.41. The van der Waals surface area contributed by atoms with Crippen molar-refractivity contribution in [2.45, 2.75) is 6.61 Å². The number of imidazole rings is 1. The molecule has 0 radical (unpaired) electrons. The van der Waals surface area contributed by atoms with Gasteiger partial charge in [-0.2, -0.15) is 0 Å². The summed E-state index contributed by atoms with van der Waals surface area (Å²) in [5.74, 6) is 1.55. The van der Waals surface area contributed by atoms with E-state index in [9.17, 15) is 0 Å². The molecule has 0 saturated heterocycles. The van der Waals surface area contributed by atoms with Gasteiger partial charge in [0, 0.05) is 11.8 Å². The number of nitrogen functional groups attached to an aromatic ring is 1. The maximum absolute atomic E-state index is 5.69. The van der Waals surface area contributed by atoms with E-state index in [0.29, 0.717) is 12.3 Å². The number of hydrogen-bond donors (Lipinski definition) is 2. The topological polar surface area (TPSA) is 63.9 Å². The number of nitrogens with zero attached hydrogens (tertiary/aromatic N) is 1. The summed E-state index contributed by atoms with van der Waals surface area (Å²) in [5.41, 5.74) is 8.34. The summed E-state index contributed by atoms with van der Waals surface area (Å²) < 4.78 is 5.63. The van der Waals surface area contributed by atoms with E-state index in [0.717, 1.165) is 22.6 Å². The van der Waals surface area contributed by atoms with Crippen molar-refractivity contribution >= 4 is 16.7 Å². The summed E-state index contributed by atoms with van der Waals surface area (Å²) in [6.07, 6.45) is 0. The molecule has 0 aliphatic heterocycles. The number of benzene rings is 2. The van der Waals surface area contributed by atoms with E-state index in [1.807, 2.05) is 42.5 Å². The number of hydrogen-bond acceptors (Lipinski definition) is 3. The van der Waals surface area contributed by atoms with Crippen molar-refractivity contribution in [3.05, 3.63) is 54.4 Å². The Labute approximate surface area is 104 Å². The molecular formula is C14H13N3O. The monoisotopic (exact) mass is 239 g/mol. The van der Waals surface area contributed by atoms with Gasteiger partial charge in [0.25, 0.3) is 0 Å². The van der Waals surface area contributed by atoms with Gasteiger partial charge in [0.2, 0.25) is 0 Å². The Kier molecular flexibility index (Phi) is 2.61. The van der Waals surface area contributed by atoms with Gasteiger partial charge in [-0.3, -0.25) is 0 Å². The first kappa shape index (κ1) is 10.7. The van der Waals surface area contributed by atoms with Gasteiger partial charge in [0.1, 0.15) is 18.2 Å². The summed E-state index contributed by atoms with van der Waals surface area (Å²) in [6.45, 7) is 0.401. The highest BCUT2D eigenvalue weighted by Crippen LogP contribution is 2.16. The highest BCUT2D eigenvalue weighted by atomic mass is 16.5. The smallest absolute Gasteiger partial charge is 0.146 e. The van der Waals surface area contributed by atoms with Gasteiger partial charge < -0.3 is 15.5 Å². The molecule has 3 aromatic rings. The molecule has 0 atom stereocenters. The molecule has 4 heteroatoms. The second-order valence-corrected chi connectivity index (χ2v) is 4.06. The van der Waals surface area contributed by atoms with Crippen molar-refractivity contribution in [3.63, 3.8) is 0 Å². The van der Waals surface area contributed by atoms with Gasteiger partial charge in [-0.1, -0.05) is 18.2 Å². The minimum atomic E-state index is 0.401. The van der Waals surface area contributed by atoms with E-state index in [1.54, 1.807) is 6.07 Å². The van der Waals surface area contributed by atoms with Crippen LogP contribution < -0.4 is 10.5 Å². The molecule has 1 aromatic heterocycles. The number of aromatic nitrogens is 2. The molecule has 0 fully saturated rings. The van der Waals surface area contributed by atoms with Crippen LogP contribution in [0.5, 0.6) is 5.75 Å². The highest BCUT2D eigenvalue weighted by molar-refractivity contribution is 5.74. The lowest BCUT2D eigenvalue weighted by atomic mass is 10.3. The summed E-state index contributed by atoms with van der Waals surface area (Å²) >= 11 is 0. The van der Waals surface area contributed by atoms with Crippen molar-refractivity contribution in [1.29, 1.82) is 0 Å². The number of H-pyrrole nitrogens is 1. The van der Waals surface area contributed by atoms with Crippen LogP contribution in [0, 0.1) is 0 Å². The third-order valence-electron chi connectivity index (χ3n) is 2.67. The van der Waals surface area contributed by atoms with E-state index in [4.69, 9.17) is 10.5 Å². The van der Waals surface area contributed by atoms with E-state index in [2.05, 4.69) is 9.97 Å². The van der Waals surface area contributed by atoms with Gasteiger partial charge in [-0.15, -0.1) is 0 Å². The number of fused-ring (bicyclic) bond motifs is 1. The second-order valence-electron chi connectivity index (χ2n) is 4.06. The van der Waals surface area contributed by atoms with E-state index in [-0.39, 0.29) is 0 Å². The fraction of sp³-hybridized carbons (Fsp3) is 0.0714. The Morgan fingerprint density at radius 3 is 2.83 bits per heavy atom. The van der Waals surface area contributed by atoms with Gasteiger partial charge >= 0.3 is 0 Å². The quantitative estimate of drug-likeness (QED) is 0.691. The Bertz CT molecular complexity index is 642. The van der Waals surface area contributed by atoms with Crippen molar-refractivity contribution in [2.24, 2.45) is 0 Å². The number of aromatic amines is 1. The van der Waals surface area contributed by atoms with Crippen molar-refractivity contribution in [2.75, 3.05) is 5.73 Å². The SMILES string of the molecule is Nc1cccc(OCc2nc3ccccc3[nH]2)c1. The Morgan fingerprint density at radius 1 is 1.11 bits per heavy atom. The van der Waals surface area contributed by atoms with Crippen LogP contribution in [-0.4, -0.2) is 9.97 Å². The van der Waals surface area contributed by atoms with Gasteiger partial charge in [0.05, 0.1) is 11.0 Å². The number of nitrogens with one attached hydrogen (secondary N) is 1. The number of anilines is 1. The Hall–Kier alpha value is -2.49. The largest absolute Gasteiger partial charge is 0.486 e. The number of rotatable bonds is 3. The molecule has 18 heavy (non-hydrogen) atoms. The molecule has 2 aromatic carbocycles. The minimum absolute atomic E-state index is 0.401. The molecule has 90 valence electrons. The molecule has 0 amide bonds. The molecule has 3 rings (SSSR count). The fourth-order valence-corrected chi connectivity index (χ4v) is 1.83. The van der Waals surface area contributed by atoms with Gasteiger partial charge in [-0.25, -0.2) is 4.98 Å². The van der Waals surface area contributed by atoms with Crippen LogP contribution >= 0.6 is 0 Å². The summed E-state index contributed by atoms with van der Waals surface area (Å²) in [6, 6.07) is 15.3. The summed E-state index contributed by atoms with van der Waals surface area (Å²) in [7, 11) is 0. The summed E-state index contributed by atoms with van der Waals surface area (Å²) in [5, 5.41) is 0. The van der Waals surface area contributed by atoms with E-state index >= 15 is 0 Å². The first-order chi connectivity index (χ1) is 8.81. The fourth-order valence-electron chi connectivity index (χ4n) is 1.83. The predicted octanol–water partition coefficient (Wildman–Crippen LogP) is 2.72. The Balaban J connectivity index is 1.76. The molecule has 0 aliphatic rings. The zero-order valence-corrected chi connectivity index (χ0v) is 9.76. The normalized spacial score (nSPS) is 10.7. The molecule has 0 aliphatic carbocycles. The molecule has 0 saturated carbocycles. The molecule has 0 unspecified atom stereocenters. The maximum Gasteiger partial charge on any atom is 0.146 e. The van der Waals surface area contributed by atoms with Crippen LogP contribution in [0.3, 0.4) is 0 Å². The standard InChI is InChI=1S/C14H13N3O/c15-10-4-3-5-11(8-10)18-9-14-16-12-6-1-2-7-13(12)17-14/h1-8H,9,15H2,(H,16,17). The molecule has 3 N–H and O–H groups in total. The average Bonchev–Trinajstić information content (AvgIpc) is 2.79. The number of para-hydroxylation sites is 2. The first-order valence-corrected chi connectivity index (χ1v) is 5.73. The maximum atomic E-state index is 5.69. The van der Waals surface area contributed by atoms with Crippen LogP contribution in [0.15, 0.2) is 48.5 Å². The lowest BCUT2D eigenvalue weighted by Crippen LogP contribution is -1.97. The van der Waals surface area contributed by atoms with Crippen LogP contribution in [0.1, 0.15) is 5.82 Å². The van der Waals surface area contributed by atoms with Crippen molar-refractivity contribution < 1.29 is 4.74 Å². The Morgan fingerprint density at radius 2 is 2.00 bits per heavy atom. The number of nitrogens with two attached hydrogens (primary N) is 1. The third kappa shape index (κ3) is 2.13.